The number of carbonyl (C=O) groups excluding carboxylic acids is 2. The molecule has 142 valence electrons. The van der Waals surface area contributed by atoms with E-state index >= 15 is 0 Å². The fourth-order valence-corrected chi connectivity index (χ4v) is 3.69. The molecule has 0 bridgehead atoms. The number of aromatic nitrogens is 2. The number of benzene rings is 1. The highest BCUT2D eigenvalue weighted by Crippen LogP contribution is 2.40. The van der Waals surface area contributed by atoms with Gasteiger partial charge in [0.25, 0.3) is 0 Å². The fourth-order valence-electron chi connectivity index (χ4n) is 3.69. The third-order valence-electron chi connectivity index (χ3n) is 4.84. The Morgan fingerprint density at radius 2 is 1.96 bits per heavy atom. The summed E-state index contributed by atoms with van der Waals surface area (Å²) in [5, 5.41) is 6.14. The third-order valence-corrected chi connectivity index (χ3v) is 4.84. The molecule has 0 saturated carbocycles. The Hall–Kier alpha value is -3.41. The average molecular weight is 374 g/mol. The Labute approximate surface area is 163 Å². The number of hydrogen-bond acceptors (Lipinski definition) is 4. The molecule has 0 spiro atoms. The van der Waals surface area contributed by atoms with Crippen molar-refractivity contribution in [2.24, 2.45) is 5.92 Å². The fraction of sp³-hybridized carbons (Fsp3) is 0.227. The highest BCUT2D eigenvalue weighted by atomic mass is 16.1. The number of Topliss-reactive ketones (excluding diaryl/α,β-unsaturated/α-hetero) is 1. The van der Waals surface area contributed by atoms with E-state index in [1.54, 1.807) is 6.20 Å². The van der Waals surface area contributed by atoms with E-state index in [-0.39, 0.29) is 11.7 Å². The Balaban J connectivity index is 1.84. The SMILES string of the molecule is CC(=O)Nc1cc(-c2[nH]c3c(c2Nc2ccccc2)C(=O)C[C@@H](C)C3)ccn1. The second-order valence-corrected chi connectivity index (χ2v) is 7.27. The number of rotatable bonds is 4. The highest BCUT2D eigenvalue weighted by molar-refractivity contribution is 6.07. The molecule has 1 atom stereocenters. The number of anilines is 3. The van der Waals surface area contributed by atoms with E-state index in [1.807, 2.05) is 42.5 Å². The Morgan fingerprint density at radius 1 is 1.18 bits per heavy atom. The zero-order chi connectivity index (χ0) is 19.7. The smallest absolute Gasteiger partial charge is 0.222 e. The molecule has 6 nitrogen and oxygen atoms in total. The summed E-state index contributed by atoms with van der Waals surface area (Å²) in [5.74, 6) is 0.749. The lowest BCUT2D eigenvalue weighted by molar-refractivity contribution is -0.114. The topological polar surface area (TPSA) is 86.9 Å². The van der Waals surface area contributed by atoms with Gasteiger partial charge in [-0.1, -0.05) is 25.1 Å². The third kappa shape index (κ3) is 3.53. The summed E-state index contributed by atoms with van der Waals surface area (Å²) in [5.41, 5.74) is 5.05. The minimum absolute atomic E-state index is 0.144. The first-order valence-electron chi connectivity index (χ1n) is 9.35. The van der Waals surface area contributed by atoms with E-state index in [2.05, 4.69) is 27.5 Å². The summed E-state index contributed by atoms with van der Waals surface area (Å²) in [6.07, 6.45) is 3.02. The molecule has 0 aliphatic heterocycles. The van der Waals surface area contributed by atoms with Crippen LogP contribution in [0, 0.1) is 5.92 Å². The van der Waals surface area contributed by atoms with Gasteiger partial charge in [0.1, 0.15) is 5.82 Å². The molecule has 3 aromatic rings. The molecule has 0 fully saturated rings. The van der Waals surface area contributed by atoms with Crippen LogP contribution in [0.2, 0.25) is 0 Å². The molecule has 28 heavy (non-hydrogen) atoms. The first-order chi connectivity index (χ1) is 13.5. The summed E-state index contributed by atoms with van der Waals surface area (Å²) in [6.45, 7) is 3.54. The average Bonchev–Trinajstić information content (AvgIpc) is 3.00. The number of aromatic amines is 1. The second-order valence-electron chi connectivity index (χ2n) is 7.27. The number of para-hydroxylation sites is 1. The number of pyridine rings is 1. The lowest BCUT2D eigenvalue weighted by atomic mass is 9.87. The predicted molar refractivity (Wildman–Crippen MR) is 110 cm³/mol. The Bertz CT molecular complexity index is 1040. The van der Waals surface area contributed by atoms with Crippen LogP contribution in [0.4, 0.5) is 17.2 Å². The number of H-pyrrole nitrogens is 1. The van der Waals surface area contributed by atoms with Crippen molar-refractivity contribution in [1.82, 2.24) is 9.97 Å². The number of fused-ring (bicyclic) bond motifs is 1. The van der Waals surface area contributed by atoms with Crippen molar-refractivity contribution >= 4 is 28.9 Å². The zero-order valence-corrected chi connectivity index (χ0v) is 15.9. The van der Waals surface area contributed by atoms with Gasteiger partial charge < -0.3 is 15.6 Å². The summed E-state index contributed by atoms with van der Waals surface area (Å²) < 4.78 is 0. The molecule has 2 heterocycles. The van der Waals surface area contributed by atoms with Crippen molar-refractivity contribution in [1.29, 1.82) is 0 Å². The van der Waals surface area contributed by atoms with Crippen molar-refractivity contribution in [2.75, 3.05) is 10.6 Å². The van der Waals surface area contributed by atoms with Crippen molar-refractivity contribution in [2.45, 2.75) is 26.7 Å². The first kappa shape index (κ1) is 18.0. The van der Waals surface area contributed by atoms with Crippen molar-refractivity contribution in [3.8, 4) is 11.3 Å². The van der Waals surface area contributed by atoms with Crippen LogP contribution >= 0.6 is 0 Å². The minimum atomic E-state index is -0.179. The molecule has 3 N–H and O–H groups in total. The maximum absolute atomic E-state index is 12.8. The molecule has 2 aromatic heterocycles. The van der Waals surface area contributed by atoms with Crippen LogP contribution in [0.5, 0.6) is 0 Å². The van der Waals surface area contributed by atoms with E-state index in [0.717, 1.165) is 40.3 Å². The van der Waals surface area contributed by atoms with Crippen molar-refractivity contribution in [3.63, 3.8) is 0 Å². The van der Waals surface area contributed by atoms with Gasteiger partial charge in [-0.05, 0) is 36.6 Å². The molecule has 4 rings (SSSR count). The minimum Gasteiger partial charge on any atom is -0.356 e. The molecule has 0 unspecified atom stereocenters. The largest absolute Gasteiger partial charge is 0.356 e. The van der Waals surface area contributed by atoms with E-state index in [1.165, 1.54) is 6.92 Å². The highest BCUT2D eigenvalue weighted by Gasteiger charge is 2.30. The molecular formula is C22H22N4O2. The normalized spacial score (nSPS) is 15.8. The van der Waals surface area contributed by atoms with Crippen LogP contribution in [0.3, 0.4) is 0 Å². The van der Waals surface area contributed by atoms with E-state index in [0.29, 0.717) is 18.2 Å². The number of nitrogens with zero attached hydrogens (tertiary/aromatic N) is 1. The van der Waals surface area contributed by atoms with Gasteiger partial charge in [0.15, 0.2) is 5.78 Å². The van der Waals surface area contributed by atoms with E-state index in [4.69, 9.17) is 0 Å². The molecule has 1 amide bonds. The van der Waals surface area contributed by atoms with Gasteiger partial charge in [-0.2, -0.15) is 0 Å². The lowest BCUT2D eigenvalue weighted by Crippen LogP contribution is -2.17. The monoisotopic (exact) mass is 374 g/mol. The zero-order valence-electron chi connectivity index (χ0n) is 15.9. The van der Waals surface area contributed by atoms with Gasteiger partial charge in [-0.15, -0.1) is 0 Å². The molecule has 1 aliphatic carbocycles. The van der Waals surface area contributed by atoms with Crippen molar-refractivity contribution < 1.29 is 9.59 Å². The van der Waals surface area contributed by atoms with Crippen LogP contribution in [0.15, 0.2) is 48.7 Å². The second kappa shape index (κ2) is 7.31. The molecule has 1 aromatic carbocycles. The van der Waals surface area contributed by atoms with E-state index in [9.17, 15) is 9.59 Å². The summed E-state index contributed by atoms with van der Waals surface area (Å²) in [7, 11) is 0. The van der Waals surface area contributed by atoms with Gasteiger partial charge in [-0.25, -0.2) is 4.98 Å². The van der Waals surface area contributed by atoms with Gasteiger partial charge in [0.2, 0.25) is 5.91 Å². The maximum atomic E-state index is 12.8. The van der Waals surface area contributed by atoms with Gasteiger partial charge >= 0.3 is 0 Å². The molecule has 6 heteroatoms. The van der Waals surface area contributed by atoms with Crippen LogP contribution in [0.25, 0.3) is 11.3 Å². The van der Waals surface area contributed by atoms with E-state index < -0.39 is 0 Å². The number of amides is 1. The number of ketones is 1. The van der Waals surface area contributed by atoms with Crippen LogP contribution in [-0.4, -0.2) is 21.7 Å². The van der Waals surface area contributed by atoms with Crippen molar-refractivity contribution in [3.05, 3.63) is 59.9 Å². The molecule has 0 radical (unpaired) electrons. The first-order valence-corrected chi connectivity index (χ1v) is 9.35. The lowest BCUT2D eigenvalue weighted by Gasteiger charge is -2.18. The van der Waals surface area contributed by atoms with Crippen LogP contribution in [-0.2, 0) is 11.2 Å². The number of carbonyl (C=O) groups is 2. The predicted octanol–water partition coefficient (Wildman–Crippen LogP) is 4.54. The summed E-state index contributed by atoms with van der Waals surface area (Å²) >= 11 is 0. The molecule has 0 saturated heterocycles. The quantitative estimate of drug-likeness (QED) is 0.625. The summed E-state index contributed by atoms with van der Waals surface area (Å²) in [4.78, 5) is 31.9. The maximum Gasteiger partial charge on any atom is 0.222 e. The molecular weight excluding hydrogens is 352 g/mol. The number of nitrogens with one attached hydrogen (secondary N) is 3. The molecule has 1 aliphatic rings. The summed E-state index contributed by atoms with van der Waals surface area (Å²) in [6, 6.07) is 13.5. The van der Waals surface area contributed by atoms with Gasteiger partial charge in [0, 0.05) is 36.5 Å². The Kier molecular flexibility index (Phi) is 4.69. The van der Waals surface area contributed by atoms with Gasteiger partial charge in [0.05, 0.1) is 16.9 Å². The van der Waals surface area contributed by atoms with Crippen LogP contribution < -0.4 is 10.6 Å². The van der Waals surface area contributed by atoms with Crippen LogP contribution in [0.1, 0.15) is 36.3 Å². The van der Waals surface area contributed by atoms with Gasteiger partial charge in [-0.3, -0.25) is 9.59 Å². The Morgan fingerprint density at radius 3 is 2.71 bits per heavy atom. The standard InChI is InChI=1S/C22H22N4O2/c1-13-10-17-20(18(28)11-13)22(25-16-6-4-3-5-7-16)21(26-17)15-8-9-23-19(12-15)24-14(2)27/h3-9,12-13,25-26H,10-11H2,1-2H3,(H,23,24,27)/t13-/m0/s1. The number of hydrogen-bond donors (Lipinski definition) is 3.